The van der Waals surface area contributed by atoms with Gasteiger partial charge in [-0.1, -0.05) is 12.1 Å². The third-order valence-corrected chi connectivity index (χ3v) is 2.58. The van der Waals surface area contributed by atoms with Crippen LogP contribution in [0.4, 0.5) is 0 Å². The van der Waals surface area contributed by atoms with E-state index in [0.29, 0.717) is 18.1 Å². The fourth-order valence-corrected chi connectivity index (χ4v) is 1.63. The van der Waals surface area contributed by atoms with Crippen LogP contribution in [0, 0.1) is 0 Å². The molecule has 1 atom stereocenters. The lowest BCUT2D eigenvalue weighted by atomic mass is 10.0. The molecule has 0 amide bonds. The summed E-state index contributed by atoms with van der Waals surface area (Å²) in [6, 6.07) is 3.59. The second-order valence-electron chi connectivity index (χ2n) is 3.76. The molecule has 0 N–H and O–H groups in total. The molecular weight excluding hydrogens is 218 g/mol. The minimum absolute atomic E-state index is 0.0393. The maximum absolute atomic E-state index is 11.4. The largest absolute Gasteiger partial charge is 0.338 e. The summed E-state index contributed by atoms with van der Waals surface area (Å²) in [7, 11) is 0. The zero-order chi connectivity index (χ0) is 12.3. The van der Waals surface area contributed by atoms with Gasteiger partial charge in [-0.15, -0.1) is 0 Å². The van der Waals surface area contributed by atoms with Gasteiger partial charge in [-0.25, -0.2) is 0 Å². The summed E-state index contributed by atoms with van der Waals surface area (Å²) in [5, 5.41) is 3.87. The van der Waals surface area contributed by atoms with Crippen LogP contribution in [0.3, 0.4) is 0 Å². The Morgan fingerprint density at radius 2 is 2.12 bits per heavy atom. The number of nitrogens with zero attached hydrogens (tertiary/aromatic N) is 3. The molecule has 0 fully saturated rings. The number of pyridine rings is 1. The molecule has 2 rings (SSSR count). The third-order valence-electron chi connectivity index (χ3n) is 2.58. The van der Waals surface area contributed by atoms with Crippen molar-refractivity contribution in [1.82, 2.24) is 15.1 Å². The second kappa shape index (κ2) is 4.86. The number of ketones is 1. The number of aromatic nitrogens is 3. The number of rotatable bonds is 4. The van der Waals surface area contributed by atoms with Crippen LogP contribution in [-0.2, 0) is 4.79 Å². The molecule has 0 bridgehead atoms. The molecule has 88 valence electrons. The first kappa shape index (κ1) is 11.4. The van der Waals surface area contributed by atoms with Gasteiger partial charge >= 0.3 is 0 Å². The standard InChI is InChI=1S/C12H13N3O2/c1-3-10(8(2)16)12-14-11(15-17-12)9-4-6-13-7-5-9/h4-7,10H,3H2,1-2H3. The zero-order valence-electron chi connectivity index (χ0n) is 9.75. The van der Waals surface area contributed by atoms with Gasteiger partial charge in [0.05, 0.1) is 5.92 Å². The molecule has 5 nitrogen and oxygen atoms in total. The number of carbonyl (C=O) groups excluding carboxylic acids is 1. The Balaban J connectivity index is 2.30. The van der Waals surface area contributed by atoms with E-state index in [1.807, 2.05) is 6.92 Å². The van der Waals surface area contributed by atoms with E-state index in [9.17, 15) is 4.79 Å². The van der Waals surface area contributed by atoms with E-state index in [4.69, 9.17) is 4.52 Å². The molecule has 0 aliphatic carbocycles. The lowest BCUT2D eigenvalue weighted by molar-refractivity contribution is -0.119. The van der Waals surface area contributed by atoms with Crippen molar-refractivity contribution in [2.45, 2.75) is 26.2 Å². The number of Topliss-reactive ketones (excluding diaryl/α,β-unsaturated/α-hetero) is 1. The highest BCUT2D eigenvalue weighted by atomic mass is 16.5. The summed E-state index contributed by atoms with van der Waals surface area (Å²) in [5.41, 5.74) is 0.827. The van der Waals surface area contributed by atoms with Crippen molar-refractivity contribution in [2.75, 3.05) is 0 Å². The lowest BCUT2D eigenvalue weighted by Gasteiger charge is -2.03. The van der Waals surface area contributed by atoms with E-state index in [-0.39, 0.29) is 11.7 Å². The fraction of sp³-hybridized carbons (Fsp3) is 0.333. The smallest absolute Gasteiger partial charge is 0.237 e. The monoisotopic (exact) mass is 231 g/mol. The van der Waals surface area contributed by atoms with Crippen molar-refractivity contribution in [1.29, 1.82) is 0 Å². The molecule has 0 aromatic carbocycles. The second-order valence-corrected chi connectivity index (χ2v) is 3.76. The minimum Gasteiger partial charge on any atom is -0.338 e. The summed E-state index contributed by atoms with van der Waals surface area (Å²) < 4.78 is 5.13. The van der Waals surface area contributed by atoms with Gasteiger partial charge in [0, 0.05) is 18.0 Å². The fourth-order valence-electron chi connectivity index (χ4n) is 1.63. The average Bonchev–Trinajstić information content (AvgIpc) is 2.80. The maximum atomic E-state index is 11.4. The quantitative estimate of drug-likeness (QED) is 0.806. The SMILES string of the molecule is CCC(C(C)=O)c1nc(-c2ccncc2)no1. The van der Waals surface area contributed by atoms with Gasteiger partial charge in [0.15, 0.2) is 0 Å². The van der Waals surface area contributed by atoms with Crippen molar-refractivity contribution in [3.8, 4) is 11.4 Å². The molecule has 17 heavy (non-hydrogen) atoms. The molecule has 2 aromatic rings. The van der Waals surface area contributed by atoms with Gasteiger partial charge in [-0.2, -0.15) is 4.98 Å². The molecule has 5 heteroatoms. The summed E-state index contributed by atoms with van der Waals surface area (Å²) in [6.45, 7) is 3.45. The predicted octanol–water partition coefficient (Wildman–Crippen LogP) is 2.21. The van der Waals surface area contributed by atoms with Crippen LogP contribution in [-0.4, -0.2) is 20.9 Å². The zero-order valence-corrected chi connectivity index (χ0v) is 9.75. The van der Waals surface area contributed by atoms with Crippen molar-refractivity contribution < 1.29 is 9.32 Å². The van der Waals surface area contributed by atoms with Crippen LogP contribution in [0.5, 0.6) is 0 Å². The van der Waals surface area contributed by atoms with E-state index in [1.165, 1.54) is 6.92 Å². The van der Waals surface area contributed by atoms with Crippen LogP contribution in [0.1, 0.15) is 32.1 Å². The van der Waals surface area contributed by atoms with Crippen molar-refractivity contribution in [3.63, 3.8) is 0 Å². The normalized spacial score (nSPS) is 12.4. The van der Waals surface area contributed by atoms with Crippen LogP contribution in [0.15, 0.2) is 29.0 Å². The summed E-state index contributed by atoms with van der Waals surface area (Å²) in [6.07, 6.45) is 3.98. The highest BCUT2D eigenvalue weighted by Gasteiger charge is 2.21. The Morgan fingerprint density at radius 1 is 1.41 bits per heavy atom. The topological polar surface area (TPSA) is 68.9 Å². The van der Waals surface area contributed by atoms with E-state index in [0.717, 1.165) is 5.56 Å². The first-order chi connectivity index (χ1) is 8.22. The molecule has 0 aliphatic heterocycles. The van der Waals surface area contributed by atoms with Crippen LogP contribution >= 0.6 is 0 Å². The average molecular weight is 231 g/mol. The predicted molar refractivity (Wildman–Crippen MR) is 61.2 cm³/mol. The highest BCUT2D eigenvalue weighted by Crippen LogP contribution is 2.22. The first-order valence-corrected chi connectivity index (χ1v) is 5.46. The van der Waals surface area contributed by atoms with Gasteiger partial charge in [0.2, 0.25) is 11.7 Å². The Labute approximate surface area is 98.9 Å². The molecule has 0 radical (unpaired) electrons. The van der Waals surface area contributed by atoms with Gasteiger partial charge in [-0.05, 0) is 25.5 Å². The third kappa shape index (κ3) is 2.38. The molecule has 0 saturated carbocycles. The van der Waals surface area contributed by atoms with Crippen molar-refractivity contribution in [3.05, 3.63) is 30.4 Å². The van der Waals surface area contributed by atoms with Crippen molar-refractivity contribution in [2.24, 2.45) is 0 Å². The Morgan fingerprint density at radius 3 is 2.71 bits per heavy atom. The molecule has 0 aliphatic rings. The van der Waals surface area contributed by atoms with Crippen LogP contribution < -0.4 is 0 Å². The number of hydrogen-bond acceptors (Lipinski definition) is 5. The van der Waals surface area contributed by atoms with Gasteiger partial charge < -0.3 is 4.52 Å². The van der Waals surface area contributed by atoms with Crippen LogP contribution in [0.25, 0.3) is 11.4 Å². The van der Waals surface area contributed by atoms with Gasteiger partial charge in [-0.3, -0.25) is 9.78 Å². The van der Waals surface area contributed by atoms with Gasteiger partial charge in [0.1, 0.15) is 5.78 Å². The Hall–Kier alpha value is -2.04. The van der Waals surface area contributed by atoms with Crippen LogP contribution in [0.2, 0.25) is 0 Å². The van der Waals surface area contributed by atoms with E-state index in [1.54, 1.807) is 24.5 Å². The first-order valence-electron chi connectivity index (χ1n) is 5.46. The number of hydrogen-bond donors (Lipinski definition) is 0. The molecule has 2 aromatic heterocycles. The molecule has 0 spiro atoms. The minimum atomic E-state index is -0.307. The molecule has 2 heterocycles. The maximum Gasteiger partial charge on any atom is 0.237 e. The number of carbonyl (C=O) groups is 1. The van der Waals surface area contributed by atoms with E-state index < -0.39 is 0 Å². The van der Waals surface area contributed by atoms with Gasteiger partial charge in [0.25, 0.3) is 0 Å². The van der Waals surface area contributed by atoms with Crippen molar-refractivity contribution >= 4 is 5.78 Å². The Kier molecular flexibility index (Phi) is 3.27. The Bertz CT molecular complexity index is 507. The van der Waals surface area contributed by atoms with E-state index in [2.05, 4.69) is 15.1 Å². The summed E-state index contributed by atoms with van der Waals surface area (Å²) in [5.74, 6) is 0.601. The molecular formula is C12H13N3O2. The summed E-state index contributed by atoms with van der Waals surface area (Å²) in [4.78, 5) is 19.5. The molecule has 1 unspecified atom stereocenters. The molecule has 0 saturated heterocycles. The highest BCUT2D eigenvalue weighted by molar-refractivity contribution is 5.82. The lowest BCUT2D eigenvalue weighted by Crippen LogP contribution is -2.07. The summed E-state index contributed by atoms with van der Waals surface area (Å²) >= 11 is 0. The van der Waals surface area contributed by atoms with E-state index >= 15 is 0 Å².